The maximum atomic E-state index is 13.6. The van der Waals surface area contributed by atoms with Gasteiger partial charge in [-0.15, -0.1) is 0 Å². The average molecular weight is 1970 g/mol. The zero-order valence-electron chi connectivity index (χ0n) is 85.1. The Hall–Kier alpha value is -15.9. The predicted molar refractivity (Wildman–Crippen MR) is 574 cm³/mol. The Morgan fingerprint density at radius 3 is 1.25 bits per heavy atom. The summed E-state index contributed by atoms with van der Waals surface area (Å²) in [6.07, 6.45) is 11.3. The van der Waals surface area contributed by atoms with Crippen molar-refractivity contribution in [2.75, 3.05) is 72.1 Å². The van der Waals surface area contributed by atoms with Gasteiger partial charge in [-0.1, -0.05) is 205 Å². The number of urea groups is 1. The lowest BCUT2D eigenvalue weighted by Crippen LogP contribution is -2.40. The van der Waals surface area contributed by atoms with Crippen molar-refractivity contribution in [2.45, 2.75) is 162 Å². The number of halogens is 1. The summed E-state index contributed by atoms with van der Waals surface area (Å²) in [5.74, 6) is 0.767. The zero-order valence-corrected chi connectivity index (χ0v) is 85.1. The molecular formula is C122H126FN7O16. The molecule has 1 aliphatic heterocycles. The predicted octanol–water partition coefficient (Wildman–Crippen LogP) is 26.7. The molecule has 4 aliphatic rings. The van der Waals surface area contributed by atoms with E-state index >= 15 is 0 Å². The van der Waals surface area contributed by atoms with Gasteiger partial charge in [0.2, 0.25) is 5.91 Å². The van der Waals surface area contributed by atoms with Crippen molar-refractivity contribution < 1.29 is 82.0 Å². The Bertz CT molecular complexity index is 7530. The van der Waals surface area contributed by atoms with Gasteiger partial charge in [0.25, 0.3) is 0 Å². The number of carbonyl (C=O) groups is 6. The van der Waals surface area contributed by atoms with Crippen LogP contribution in [-0.4, -0.2) is 148 Å². The number of carboxylic acids is 4. The van der Waals surface area contributed by atoms with Gasteiger partial charge < -0.3 is 76.9 Å². The smallest absolute Gasteiger partial charge is 0.353 e. The maximum absolute atomic E-state index is 13.6. The molecule has 20 rings (SSSR count). The van der Waals surface area contributed by atoms with Crippen LogP contribution < -0.4 is 38.2 Å². The normalized spacial score (nSPS) is 13.5. The molecule has 146 heavy (non-hydrogen) atoms. The van der Waals surface area contributed by atoms with Crippen LogP contribution in [0.15, 0.2) is 267 Å². The molecular weight excluding hydrogens is 1840 g/mol. The molecule has 16 aromatic rings. The van der Waals surface area contributed by atoms with Crippen molar-refractivity contribution in [1.82, 2.24) is 23.2 Å². The van der Waals surface area contributed by atoms with Gasteiger partial charge in [-0.25, -0.2) is 28.4 Å². The van der Waals surface area contributed by atoms with E-state index in [1.807, 2.05) is 216 Å². The molecule has 3 amide bonds. The summed E-state index contributed by atoms with van der Waals surface area (Å²) in [5, 5.41) is 45.4. The number of ether oxygens (including phenoxy) is 6. The van der Waals surface area contributed by atoms with E-state index in [9.17, 15) is 53.6 Å². The van der Waals surface area contributed by atoms with Crippen LogP contribution in [-0.2, 0) is 48.2 Å². The molecule has 23 nitrogen and oxygen atoms in total. The number of aromatic carboxylic acids is 4. The van der Waals surface area contributed by atoms with Crippen LogP contribution in [0.4, 0.5) is 20.6 Å². The minimum Gasteiger partial charge on any atom is -0.497 e. The highest BCUT2D eigenvalue weighted by atomic mass is 19.1. The standard InChI is InChI=1S/C33H37N3O4.C31H33NO3.C29H27FN2O4.C29H29NO5/c1-33(2,3)23-15-13-22(14-16-23)28-26-11-8-12-27(35(5)32(39)34(4)24-17-18-24)29(26)36(30(28)31(37)38)20-21-9-7-10-25(19-21)40-6;1-31(2,3)24-15-13-22(14-16-24)27-26-10-6-8-23(17-20-11-12-20)28(26)32(29(27)30(33)34)19-21-7-5-9-25(18-21)35-4;1-3-36-22-15-11-19(12-16-22)25-23-5-4-6-24(31(2)28(33)20-9-10-20)26(23)32(27(25)29(34)35)17-18-7-13-21(30)14-8-18;1-33-22-10-6-8-20(16-22)19-30-26-13-12-24-18-25(26)27(28(30)29(31)32)21-9-7-11-23(17-21)34-14-4-2-3-5-15-35-24/h7-16,19,24H,17-18,20H2,1-6H3,(H,37,38);5-10,13-16,18,20H,11-12,17,19H2,1-4H3,(H,33,34);4-8,11-16,20H,3,9-10,17H2,1-2H3,(H,34,35);6-13,16-18H,2-5,14-15,19H2,1H3,(H,31,32). The summed E-state index contributed by atoms with van der Waals surface area (Å²) in [5.41, 5.74) is 18.6. The third-order valence-electron chi connectivity index (χ3n) is 27.9. The number of aromatic nitrogens is 4. The lowest BCUT2D eigenvalue weighted by molar-refractivity contribution is -0.119. The number of hydrogen-bond donors (Lipinski definition) is 4. The van der Waals surface area contributed by atoms with Gasteiger partial charge >= 0.3 is 29.9 Å². The van der Waals surface area contributed by atoms with Crippen LogP contribution >= 0.6 is 0 Å². The molecule has 0 spiro atoms. The maximum Gasteiger partial charge on any atom is 0.353 e. The molecule has 4 bridgehead atoms. The number of hydrogen-bond acceptors (Lipinski definition) is 12. The number of benzene rings is 12. The summed E-state index contributed by atoms with van der Waals surface area (Å²) in [6.45, 7) is 18.1. The molecule has 0 radical (unpaired) electrons. The van der Waals surface area contributed by atoms with Crippen molar-refractivity contribution in [2.24, 2.45) is 11.8 Å². The molecule has 12 aromatic carbocycles. The molecule has 4 N–H and O–H groups in total. The summed E-state index contributed by atoms with van der Waals surface area (Å²) < 4.78 is 54.9. The Morgan fingerprint density at radius 2 is 0.801 bits per heavy atom. The van der Waals surface area contributed by atoms with Crippen LogP contribution in [0.25, 0.3) is 88.1 Å². The molecule has 3 saturated carbocycles. The highest BCUT2D eigenvalue weighted by molar-refractivity contribution is 6.16. The number of fused-ring (bicyclic) bond motifs is 7. The molecule has 24 heteroatoms. The molecule has 0 unspecified atom stereocenters. The van der Waals surface area contributed by atoms with Gasteiger partial charge in [0.05, 0.1) is 69.1 Å². The van der Waals surface area contributed by atoms with Gasteiger partial charge in [0.15, 0.2) is 0 Å². The largest absolute Gasteiger partial charge is 0.497 e. The summed E-state index contributed by atoms with van der Waals surface area (Å²) in [6, 6.07) is 84.4. The minimum absolute atomic E-state index is 0.00953. The first-order valence-corrected chi connectivity index (χ1v) is 50.1. The number of amides is 3. The first-order valence-electron chi connectivity index (χ1n) is 50.1. The van der Waals surface area contributed by atoms with Crippen LogP contribution in [0.3, 0.4) is 0 Å². The fourth-order valence-electron chi connectivity index (χ4n) is 19.9. The van der Waals surface area contributed by atoms with Crippen molar-refractivity contribution in [3.63, 3.8) is 0 Å². The monoisotopic (exact) mass is 1960 g/mol. The number of carbonyl (C=O) groups excluding carboxylic acids is 2. The lowest BCUT2D eigenvalue weighted by atomic mass is 9.86. The van der Waals surface area contributed by atoms with Gasteiger partial charge in [-0.2, -0.15) is 0 Å². The van der Waals surface area contributed by atoms with Crippen molar-refractivity contribution in [3.05, 3.63) is 334 Å². The summed E-state index contributed by atoms with van der Waals surface area (Å²) in [4.78, 5) is 82.8. The van der Waals surface area contributed by atoms with E-state index in [0.29, 0.717) is 102 Å². The Labute approximate surface area is 850 Å². The fourth-order valence-corrected chi connectivity index (χ4v) is 19.9. The minimum atomic E-state index is -1.08. The van der Waals surface area contributed by atoms with Gasteiger partial charge in [-0.05, 0) is 259 Å². The molecule has 0 atom stereocenters. The van der Waals surface area contributed by atoms with E-state index < -0.39 is 23.9 Å². The third kappa shape index (κ3) is 22.4. The number of rotatable bonds is 26. The molecule has 3 aliphatic carbocycles. The molecule has 3 fully saturated rings. The van der Waals surface area contributed by atoms with Crippen LogP contribution in [0, 0.1) is 17.7 Å². The number of anilines is 2. The van der Waals surface area contributed by atoms with E-state index in [0.717, 1.165) is 163 Å². The van der Waals surface area contributed by atoms with Crippen molar-refractivity contribution >= 4 is 90.8 Å². The van der Waals surface area contributed by atoms with E-state index in [1.165, 1.54) is 41.7 Å². The first-order chi connectivity index (χ1) is 70.3. The van der Waals surface area contributed by atoms with E-state index in [1.54, 1.807) is 66.8 Å². The second-order valence-electron chi connectivity index (χ2n) is 40.2. The highest BCUT2D eigenvalue weighted by Crippen LogP contribution is 2.48. The van der Waals surface area contributed by atoms with Gasteiger partial charge in [0, 0.05) is 109 Å². The lowest BCUT2D eigenvalue weighted by Gasteiger charge is -2.26. The quantitative estimate of drug-likeness (QED) is 0.0392. The Morgan fingerprint density at radius 1 is 0.390 bits per heavy atom. The molecule has 752 valence electrons. The van der Waals surface area contributed by atoms with Gasteiger partial charge in [0.1, 0.15) is 63.1 Å². The van der Waals surface area contributed by atoms with E-state index in [4.69, 9.17) is 28.4 Å². The zero-order chi connectivity index (χ0) is 103. The van der Waals surface area contributed by atoms with Crippen molar-refractivity contribution in [1.29, 1.82) is 0 Å². The summed E-state index contributed by atoms with van der Waals surface area (Å²) >= 11 is 0. The van der Waals surface area contributed by atoms with Gasteiger partial charge in [-0.3, -0.25) is 9.69 Å². The second-order valence-corrected chi connectivity index (χ2v) is 40.2. The SMILES string of the molecule is CCOc1ccc(-c2c(C(=O)O)n(Cc3ccc(F)cc3)c3c(N(C)C(=O)C4CC4)cccc23)cc1.COc1cccc(Cn2c(C(=O)O)c(-c3ccc(C(C)(C)C)cc3)c3cccc(CC4CC4)c32)c1.COc1cccc(Cn2c(C(=O)O)c(-c3ccc(C(C)(C)C)cc3)c3cccc(N(C)C(=O)N(C)C4CC4)c32)c1.COc1cccc(Cn2c(C(=O)O)c3c4cc(ccc42)OCCCCCCOc2cccc-3c2)c1. The number of carboxylic acid groups (broad SMARTS) is 4. The summed E-state index contributed by atoms with van der Waals surface area (Å²) in [7, 11) is 10.2. The topological polar surface area (TPSA) is 268 Å². The van der Waals surface area contributed by atoms with E-state index in [2.05, 4.69) is 96.1 Å². The van der Waals surface area contributed by atoms with Crippen LogP contribution in [0.5, 0.6) is 34.5 Å². The molecule has 5 heterocycles. The number of methoxy groups -OCH3 is 3. The Balaban J connectivity index is 0.000000133. The number of para-hydroxylation sites is 3. The first kappa shape index (κ1) is 102. The second kappa shape index (κ2) is 43.8. The molecule has 4 aromatic heterocycles. The van der Waals surface area contributed by atoms with E-state index in [-0.39, 0.29) is 64.2 Å². The Kier molecular flexibility index (Phi) is 30.5. The van der Waals surface area contributed by atoms with Crippen LogP contribution in [0.2, 0.25) is 0 Å². The van der Waals surface area contributed by atoms with Crippen molar-refractivity contribution in [3.8, 4) is 79.0 Å². The van der Waals surface area contributed by atoms with Crippen LogP contribution in [0.1, 0.15) is 194 Å². The third-order valence-corrected chi connectivity index (χ3v) is 27.9. The molecule has 0 saturated heterocycles. The average Bonchev–Trinajstić information content (AvgIpc) is 1.58. The highest BCUT2D eigenvalue weighted by Gasteiger charge is 2.38. The fraction of sp³-hybridized carbons (Fsp3) is 0.295. The number of nitrogens with zero attached hydrogens (tertiary/aromatic N) is 7.